The van der Waals surface area contributed by atoms with Crippen molar-refractivity contribution in [1.82, 2.24) is 4.98 Å². The van der Waals surface area contributed by atoms with Crippen molar-refractivity contribution in [3.8, 4) is 22.4 Å². The van der Waals surface area contributed by atoms with Crippen LogP contribution >= 0.6 is 11.3 Å². The largest absolute Gasteiger partial charge is 0.256 e. The van der Waals surface area contributed by atoms with Crippen LogP contribution in [0.5, 0.6) is 0 Å². The lowest BCUT2D eigenvalue weighted by atomic mass is 9.98. The van der Waals surface area contributed by atoms with E-state index in [4.69, 9.17) is 0 Å². The fraction of sp³-hybridized carbons (Fsp3) is 0.0417. The molecule has 0 saturated heterocycles. The molecule has 5 rings (SSSR count). The zero-order valence-corrected chi connectivity index (χ0v) is 15.3. The number of hydrogen-bond acceptors (Lipinski definition) is 2. The van der Waals surface area contributed by atoms with Crippen molar-refractivity contribution in [2.75, 3.05) is 0 Å². The molecule has 0 unspecified atom stereocenters. The van der Waals surface area contributed by atoms with Gasteiger partial charge in [0.2, 0.25) is 0 Å². The molecule has 3 aromatic carbocycles. The molecule has 2 aromatic heterocycles. The first-order chi connectivity index (χ1) is 12.8. The van der Waals surface area contributed by atoms with Gasteiger partial charge >= 0.3 is 0 Å². The summed E-state index contributed by atoms with van der Waals surface area (Å²) in [4.78, 5) is 4.62. The van der Waals surface area contributed by atoms with Gasteiger partial charge in [0.05, 0.1) is 5.69 Å². The molecule has 0 saturated carbocycles. The number of fused-ring (bicyclic) bond motifs is 3. The van der Waals surface area contributed by atoms with Crippen LogP contribution in [0.1, 0.15) is 5.56 Å². The van der Waals surface area contributed by atoms with Crippen molar-refractivity contribution in [1.29, 1.82) is 0 Å². The van der Waals surface area contributed by atoms with Gasteiger partial charge in [-0.25, -0.2) is 0 Å². The first kappa shape index (κ1) is 15.3. The van der Waals surface area contributed by atoms with Gasteiger partial charge < -0.3 is 0 Å². The van der Waals surface area contributed by atoms with Crippen molar-refractivity contribution in [3.63, 3.8) is 0 Å². The standard InChI is InChI=1S/C24H17NS/c1-16-13-14-25-21(15-16)19-10-5-11-20-23-18(17-7-3-2-4-8-17)9-6-12-22(23)26-24(19)20/h2-15H,1H3. The van der Waals surface area contributed by atoms with E-state index in [2.05, 4.69) is 84.7 Å². The van der Waals surface area contributed by atoms with E-state index in [1.807, 2.05) is 23.6 Å². The summed E-state index contributed by atoms with van der Waals surface area (Å²) >= 11 is 1.86. The van der Waals surface area contributed by atoms with E-state index < -0.39 is 0 Å². The van der Waals surface area contributed by atoms with Crippen LogP contribution in [0.4, 0.5) is 0 Å². The highest BCUT2D eigenvalue weighted by atomic mass is 32.1. The second-order valence-electron chi connectivity index (χ2n) is 6.55. The molecule has 26 heavy (non-hydrogen) atoms. The maximum atomic E-state index is 4.62. The van der Waals surface area contributed by atoms with Crippen LogP contribution in [-0.2, 0) is 0 Å². The van der Waals surface area contributed by atoms with Gasteiger partial charge in [-0.2, -0.15) is 0 Å². The van der Waals surface area contributed by atoms with Crippen LogP contribution in [0.15, 0.2) is 85.1 Å². The van der Waals surface area contributed by atoms with Gasteiger partial charge in [0.15, 0.2) is 0 Å². The highest BCUT2D eigenvalue weighted by Crippen LogP contribution is 2.43. The molecule has 0 N–H and O–H groups in total. The highest BCUT2D eigenvalue weighted by molar-refractivity contribution is 7.26. The van der Waals surface area contributed by atoms with Crippen LogP contribution in [-0.4, -0.2) is 4.98 Å². The Morgan fingerprint density at radius 2 is 1.58 bits per heavy atom. The smallest absolute Gasteiger partial charge is 0.0719 e. The highest BCUT2D eigenvalue weighted by Gasteiger charge is 2.14. The molecule has 0 radical (unpaired) electrons. The van der Waals surface area contributed by atoms with E-state index in [9.17, 15) is 0 Å². The molecule has 2 heterocycles. The van der Waals surface area contributed by atoms with Gasteiger partial charge in [-0.3, -0.25) is 4.98 Å². The Hall–Kier alpha value is -2.97. The van der Waals surface area contributed by atoms with Crippen molar-refractivity contribution >= 4 is 31.5 Å². The molecule has 5 aromatic rings. The van der Waals surface area contributed by atoms with Crippen LogP contribution in [0.3, 0.4) is 0 Å². The van der Waals surface area contributed by atoms with Crippen molar-refractivity contribution in [3.05, 3.63) is 90.6 Å². The quantitative estimate of drug-likeness (QED) is 0.331. The summed E-state index contributed by atoms with van der Waals surface area (Å²) in [6.45, 7) is 2.11. The van der Waals surface area contributed by atoms with Gasteiger partial charge in [0.25, 0.3) is 0 Å². The number of hydrogen-bond donors (Lipinski definition) is 0. The monoisotopic (exact) mass is 351 g/mol. The van der Waals surface area contributed by atoms with Gasteiger partial charge in [0, 0.05) is 31.9 Å². The van der Waals surface area contributed by atoms with Gasteiger partial charge in [-0.15, -0.1) is 11.3 Å². The number of aryl methyl sites for hydroxylation is 1. The Morgan fingerprint density at radius 3 is 2.42 bits per heavy atom. The third kappa shape index (κ3) is 2.42. The summed E-state index contributed by atoms with van der Waals surface area (Å²) in [5.74, 6) is 0. The fourth-order valence-corrected chi connectivity index (χ4v) is 4.84. The van der Waals surface area contributed by atoms with E-state index in [1.54, 1.807) is 0 Å². The Balaban J connectivity index is 1.85. The number of aromatic nitrogens is 1. The van der Waals surface area contributed by atoms with Crippen molar-refractivity contribution in [2.45, 2.75) is 6.92 Å². The average molecular weight is 351 g/mol. The van der Waals surface area contributed by atoms with E-state index in [-0.39, 0.29) is 0 Å². The Morgan fingerprint density at radius 1 is 0.769 bits per heavy atom. The van der Waals surface area contributed by atoms with Crippen LogP contribution in [0.25, 0.3) is 42.6 Å². The summed E-state index contributed by atoms with van der Waals surface area (Å²) in [5.41, 5.74) is 6.05. The van der Waals surface area contributed by atoms with E-state index in [1.165, 1.54) is 42.4 Å². The van der Waals surface area contributed by atoms with Gasteiger partial charge in [-0.05, 0) is 41.8 Å². The molecule has 0 atom stereocenters. The number of nitrogens with zero attached hydrogens (tertiary/aromatic N) is 1. The molecule has 1 nitrogen and oxygen atoms in total. The second kappa shape index (κ2) is 6.08. The van der Waals surface area contributed by atoms with E-state index in [0.29, 0.717) is 0 Å². The second-order valence-corrected chi connectivity index (χ2v) is 7.60. The zero-order valence-electron chi connectivity index (χ0n) is 14.4. The number of pyridine rings is 1. The third-order valence-corrected chi connectivity index (χ3v) is 6.00. The minimum absolute atomic E-state index is 1.04. The lowest BCUT2D eigenvalue weighted by Crippen LogP contribution is -1.84. The third-order valence-electron chi connectivity index (χ3n) is 4.80. The topological polar surface area (TPSA) is 12.9 Å². The summed E-state index contributed by atoms with van der Waals surface area (Å²) in [5, 5.41) is 2.65. The molecule has 0 amide bonds. The lowest BCUT2D eigenvalue weighted by Gasteiger charge is -2.06. The minimum Gasteiger partial charge on any atom is -0.256 e. The van der Waals surface area contributed by atoms with Crippen molar-refractivity contribution in [2.24, 2.45) is 0 Å². The zero-order chi connectivity index (χ0) is 17.5. The summed E-state index contributed by atoms with van der Waals surface area (Å²) < 4.78 is 2.63. The van der Waals surface area contributed by atoms with E-state index >= 15 is 0 Å². The van der Waals surface area contributed by atoms with Crippen LogP contribution in [0, 0.1) is 6.92 Å². The predicted molar refractivity (Wildman–Crippen MR) is 113 cm³/mol. The molecule has 0 fully saturated rings. The predicted octanol–water partition coefficient (Wildman–Crippen LogP) is 7.09. The Bertz CT molecular complexity index is 1240. The molecule has 0 aliphatic rings. The molecular weight excluding hydrogens is 334 g/mol. The number of rotatable bonds is 2. The first-order valence-corrected chi connectivity index (χ1v) is 9.55. The van der Waals surface area contributed by atoms with Crippen molar-refractivity contribution < 1.29 is 0 Å². The van der Waals surface area contributed by atoms with Gasteiger partial charge in [0.1, 0.15) is 0 Å². The number of benzene rings is 3. The Kier molecular flexibility index (Phi) is 3.58. The summed E-state index contributed by atoms with van der Waals surface area (Å²) in [6, 6.07) is 28.0. The van der Waals surface area contributed by atoms with E-state index in [0.717, 1.165) is 5.69 Å². The Labute approximate surface area is 156 Å². The molecule has 124 valence electrons. The minimum atomic E-state index is 1.04. The maximum Gasteiger partial charge on any atom is 0.0719 e. The summed E-state index contributed by atoms with van der Waals surface area (Å²) in [7, 11) is 0. The van der Waals surface area contributed by atoms with Crippen LogP contribution < -0.4 is 0 Å². The first-order valence-electron chi connectivity index (χ1n) is 8.74. The molecule has 0 aliphatic carbocycles. The molecular formula is C24H17NS. The average Bonchev–Trinajstić information content (AvgIpc) is 3.07. The lowest BCUT2D eigenvalue weighted by molar-refractivity contribution is 1.29. The molecule has 0 spiro atoms. The fourth-order valence-electron chi connectivity index (χ4n) is 3.59. The number of thiophene rings is 1. The normalized spacial score (nSPS) is 11.3. The molecule has 2 heteroatoms. The SMILES string of the molecule is Cc1ccnc(-c2cccc3c2sc2cccc(-c4ccccc4)c23)c1. The van der Waals surface area contributed by atoms with Crippen LogP contribution in [0.2, 0.25) is 0 Å². The van der Waals surface area contributed by atoms with Gasteiger partial charge in [-0.1, -0.05) is 60.7 Å². The maximum absolute atomic E-state index is 4.62. The summed E-state index contributed by atoms with van der Waals surface area (Å²) in [6.07, 6.45) is 1.90. The molecule has 0 bridgehead atoms. The molecule has 0 aliphatic heterocycles.